The van der Waals surface area contributed by atoms with Crippen LogP contribution >= 0.6 is 0 Å². The minimum Gasteiger partial charge on any atom is -0.479 e. The molecule has 0 heterocycles. The molecule has 1 aromatic rings. The summed E-state index contributed by atoms with van der Waals surface area (Å²) in [4.78, 5) is 11.4. The summed E-state index contributed by atoms with van der Waals surface area (Å²) in [6, 6.07) is 9.73. The fourth-order valence-electron chi connectivity index (χ4n) is 3.55. The number of rotatable bonds is 19. The highest BCUT2D eigenvalue weighted by Gasteiger charge is 2.17. The maximum atomic E-state index is 11.4. The molecule has 1 rings (SSSR count). The average Bonchev–Trinajstić information content (AvgIpc) is 2.73. The zero-order valence-electron chi connectivity index (χ0n) is 18.4. The molecule has 0 saturated heterocycles. The summed E-state index contributed by atoms with van der Waals surface area (Å²) in [5.41, 5.74) is 1.01. The molecule has 2 unspecified atom stereocenters. The van der Waals surface area contributed by atoms with E-state index < -0.39 is 12.1 Å². The Morgan fingerprint density at radius 3 is 1.79 bits per heavy atom. The molecular weight excluding hydrogens is 364 g/mol. The number of carboxylic acids is 1. The summed E-state index contributed by atoms with van der Waals surface area (Å²) in [5, 5.41) is 18.8. The number of benzene rings is 1. The molecule has 2 N–H and O–H groups in total. The topological polar surface area (TPSA) is 66.8 Å². The Balaban J connectivity index is 1.92. The van der Waals surface area contributed by atoms with Gasteiger partial charge in [0, 0.05) is 0 Å². The monoisotopic (exact) mass is 406 g/mol. The first-order chi connectivity index (χ1) is 14.1. The highest BCUT2D eigenvalue weighted by molar-refractivity contribution is 5.72. The highest BCUT2D eigenvalue weighted by Crippen LogP contribution is 2.15. The normalized spacial score (nSPS) is 13.3. The Morgan fingerprint density at radius 2 is 1.31 bits per heavy atom. The van der Waals surface area contributed by atoms with Crippen LogP contribution in [0, 0.1) is 0 Å². The molecule has 0 radical (unpaired) electrons. The predicted octanol–water partition coefficient (Wildman–Crippen LogP) is 6.50. The van der Waals surface area contributed by atoms with Crippen molar-refractivity contribution in [3.8, 4) is 0 Å². The smallest absolute Gasteiger partial charge is 0.332 e. The Morgan fingerprint density at radius 1 is 0.828 bits per heavy atom. The number of ether oxygens (including phenoxy) is 1. The van der Waals surface area contributed by atoms with Gasteiger partial charge in [-0.1, -0.05) is 108 Å². The first-order valence-electron chi connectivity index (χ1n) is 11.7. The molecule has 166 valence electrons. The van der Waals surface area contributed by atoms with Gasteiger partial charge in [-0.25, -0.2) is 4.79 Å². The molecule has 0 aromatic heterocycles. The standard InChI is InChI=1S/C25H42O4/c1-2-23(26)19-15-10-8-6-4-3-5-7-9-11-16-20-24(25(27)28)29-21-22-17-13-12-14-18-22/h12-14,17-18,23-24,26H,2-11,15-16,19-21H2,1H3,(H,27,28). The van der Waals surface area contributed by atoms with Crippen molar-refractivity contribution in [1.29, 1.82) is 0 Å². The minimum absolute atomic E-state index is 0.101. The number of carboxylic acid groups (broad SMARTS) is 1. The SMILES string of the molecule is CCC(O)CCCCCCCCCCCCCC(OCc1ccccc1)C(=O)O. The molecule has 1 aromatic carbocycles. The third-order valence-corrected chi connectivity index (χ3v) is 5.54. The molecule has 0 fully saturated rings. The van der Waals surface area contributed by atoms with Crippen LogP contribution in [-0.2, 0) is 16.1 Å². The van der Waals surface area contributed by atoms with E-state index in [9.17, 15) is 15.0 Å². The van der Waals surface area contributed by atoms with Gasteiger partial charge in [-0.3, -0.25) is 0 Å². The lowest BCUT2D eigenvalue weighted by molar-refractivity contribution is -0.151. The van der Waals surface area contributed by atoms with Gasteiger partial charge in [-0.05, 0) is 24.8 Å². The Kier molecular flexibility index (Phi) is 15.4. The van der Waals surface area contributed by atoms with E-state index in [1.165, 1.54) is 51.4 Å². The summed E-state index contributed by atoms with van der Waals surface area (Å²) >= 11 is 0. The second kappa shape index (κ2) is 17.5. The van der Waals surface area contributed by atoms with Crippen LogP contribution in [0.1, 0.15) is 102 Å². The van der Waals surface area contributed by atoms with E-state index in [1.807, 2.05) is 37.3 Å². The maximum Gasteiger partial charge on any atom is 0.332 e. The zero-order valence-corrected chi connectivity index (χ0v) is 18.4. The molecular formula is C25H42O4. The summed E-state index contributed by atoms with van der Waals surface area (Å²) in [5.74, 6) is -0.856. The number of unbranched alkanes of at least 4 members (excludes halogenated alkanes) is 10. The summed E-state index contributed by atoms with van der Waals surface area (Å²) < 4.78 is 5.60. The third kappa shape index (κ3) is 14.3. The number of aliphatic carboxylic acids is 1. The van der Waals surface area contributed by atoms with E-state index in [1.54, 1.807) is 0 Å². The van der Waals surface area contributed by atoms with Crippen molar-refractivity contribution in [2.24, 2.45) is 0 Å². The molecule has 2 atom stereocenters. The van der Waals surface area contributed by atoms with Crippen molar-refractivity contribution in [3.05, 3.63) is 35.9 Å². The van der Waals surface area contributed by atoms with Crippen molar-refractivity contribution in [2.75, 3.05) is 0 Å². The fourth-order valence-corrected chi connectivity index (χ4v) is 3.55. The summed E-state index contributed by atoms with van der Waals surface area (Å²) in [6.07, 6.45) is 14.9. The van der Waals surface area contributed by atoms with Crippen LogP contribution in [-0.4, -0.2) is 28.4 Å². The molecule has 0 saturated carbocycles. The maximum absolute atomic E-state index is 11.4. The predicted molar refractivity (Wildman–Crippen MR) is 119 cm³/mol. The molecule has 0 amide bonds. The van der Waals surface area contributed by atoms with Crippen molar-refractivity contribution >= 4 is 5.97 Å². The highest BCUT2D eigenvalue weighted by atomic mass is 16.5. The third-order valence-electron chi connectivity index (χ3n) is 5.54. The molecule has 0 aliphatic carbocycles. The Bertz CT molecular complexity index is 503. The van der Waals surface area contributed by atoms with Gasteiger partial charge in [0.2, 0.25) is 0 Å². The van der Waals surface area contributed by atoms with Crippen LogP contribution in [0.2, 0.25) is 0 Å². The number of aliphatic hydroxyl groups is 1. The second-order valence-corrected chi connectivity index (χ2v) is 8.15. The number of aliphatic hydroxyl groups excluding tert-OH is 1. The Labute approximate surface area is 177 Å². The Hall–Kier alpha value is -1.39. The average molecular weight is 407 g/mol. The van der Waals surface area contributed by atoms with E-state index in [-0.39, 0.29) is 6.10 Å². The summed E-state index contributed by atoms with van der Waals surface area (Å²) in [6.45, 7) is 2.39. The van der Waals surface area contributed by atoms with Crippen LogP contribution < -0.4 is 0 Å². The van der Waals surface area contributed by atoms with Gasteiger partial charge in [-0.15, -0.1) is 0 Å². The van der Waals surface area contributed by atoms with Crippen LogP contribution in [0.25, 0.3) is 0 Å². The van der Waals surface area contributed by atoms with Gasteiger partial charge < -0.3 is 14.9 Å². The van der Waals surface area contributed by atoms with Gasteiger partial charge >= 0.3 is 5.97 Å². The van der Waals surface area contributed by atoms with E-state index in [4.69, 9.17) is 4.74 Å². The molecule has 0 bridgehead atoms. The van der Waals surface area contributed by atoms with Gasteiger partial charge in [0.25, 0.3) is 0 Å². The first kappa shape index (κ1) is 25.6. The van der Waals surface area contributed by atoms with Crippen LogP contribution in [0.5, 0.6) is 0 Å². The van der Waals surface area contributed by atoms with Crippen LogP contribution in [0.4, 0.5) is 0 Å². The van der Waals surface area contributed by atoms with Crippen LogP contribution in [0.3, 0.4) is 0 Å². The molecule has 0 spiro atoms. The van der Waals surface area contributed by atoms with Crippen molar-refractivity contribution in [3.63, 3.8) is 0 Å². The molecule has 4 nitrogen and oxygen atoms in total. The van der Waals surface area contributed by atoms with Gasteiger partial charge in [-0.2, -0.15) is 0 Å². The van der Waals surface area contributed by atoms with Crippen LogP contribution in [0.15, 0.2) is 30.3 Å². The molecule has 29 heavy (non-hydrogen) atoms. The van der Waals surface area contributed by atoms with Crippen molar-refractivity contribution in [1.82, 2.24) is 0 Å². The zero-order chi connectivity index (χ0) is 21.2. The number of hydrogen-bond donors (Lipinski definition) is 2. The minimum atomic E-state index is -0.856. The van der Waals surface area contributed by atoms with Crippen molar-refractivity contribution in [2.45, 2.75) is 116 Å². The largest absolute Gasteiger partial charge is 0.479 e. The molecule has 4 heteroatoms. The van der Waals surface area contributed by atoms with E-state index in [0.29, 0.717) is 13.0 Å². The second-order valence-electron chi connectivity index (χ2n) is 8.15. The first-order valence-corrected chi connectivity index (χ1v) is 11.7. The van der Waals surface area contributed by atoms with Gasteiger partial charge in [0.15, 0.2) is 6.10 Å². The fraction of sp³-hybridized carbons (Fsp3) is 0.720. The van der Waals surface area contributed by atoms with Gasteiger partial charge in [0.1, 0.15) is 0 Å². The van der Waals surface area contributed by atoms with Gasteiger partial charge in [0.05, 0.1) is 12.7 Å². The quantitative estimate of drug-likeness (QED) is 0.257. The lowest BCUT2D eigenvalue weighted by Crippen LogP contribution is -2.23. The molecule has 0 aliphatic heterocycles. The summed E-state index contributed by atoms with van der Waals surface area (Å²) in [7, 11) is 0. The van der Waals surface area contributed by atoms with E-state index >= 15 is 0 Å². The van der Waals surface area contributed by atoms with E-state index in [0.717, 1.165) is 37.7 Å². The van der Waals surface area contributed by atoms with E-state index in [2.05, 4.69) is 0 Å². The number of carbonyl (C=O) groups is 1. The van der Waals surface area contributed by atoms with Crippen molar-refractivity contribution < 1.29 is 19.7 Å². The molecule has 0 aliphatic rings. The lowest BCUT2D eigenvalue weighted by atomic mass is 10.0. The lowest BCUT2D eigenvalue weighted by Gasteiger charge is -2.13. The number of hydrogen-bond acceptors (Lipinski definition) is 3.